The Morgan fingerprint density at radius 1 is 1.15 bits per heavy atom. The summed E-state index contributed by atoms with van der Waals surface area (Å²) in [4.78, 5) is 18.1. The van der Waals surface area contributed by atoms with Crippen LogP contribution < -0.4 is 0 Å². The zero-order valence-electron chi connectivity index (χ0n) is 14.9. The Kier molecular flexibility index (Phi) is 3.64. The molecule has 1 aromatic heterocycles. The standard InChI is InChI=1S/C22H22N2O3/c25-12-17-19(14-5-2-1-3-6-14)22(17)13-24(11-18(22)26)21(27)16-8-4-7-15-9-10-23-20(15)16/h1-10,17-19,23,25-26H,11-13H2/t17-,18+,19-,22-/m1/s1. The highest BCUT2D eigenvalue weighted by Crippen LogP contribution is 2.68. The SMILES string of the molecule is O=C(c1cccc2cc[nH]c12)N1C[C@H](O)[C@@]2(C1)[C@H](CO)[C@H]2c1ccccc1. The summed E-state index contributed by atoms with van der Waals surface area (Å²) in [5.74, 6) is -0.0128. The molecule has 2 fully saturated rings. The highest BCUT2D eigenvalue weighted by Gasteiger charge is 2.71. The van der Waals surface area contributed by atoms with Gasteiger partial charge in [-0.15, -0.1) is 0 Å². The van der Waals surface area contributed by atoms with Gasteiger partial charge in [-0.1, -0.05) is 42.5 Å². The summed E-state index contributed by atoms with van der Waals surface area (Å²) in [6.45, 7) is 0.787. The number of β-amino-alcohol motifs (C(OH)–C–C–N with tert-alkyl or cyclic N) is 1. The van der Waals surface area contributed by atoms with E-state index in [4.69, 9.17) is 0 Å². The quantitative estimate of drug-likeness (QED) is 0.670. The lowest BCUT2D eigenvalue weighted by Crippen LogP contribution is -2.30. The highest BCUT2D eigenvalue weighted by atomic mass is 16.3. The third-order valence-electron chi connectivity index (χ3n) is 6.50. The Morgan fingerprint density at radius 2 is 1.96 bits per heavy atom. The first-order valence-electron chi connectivity index (χ1n) is 9.36. The van der Waals surface area contributed by atoms with Crippen molar-refractivity contribution < 1.29 is 15.0 Å². The first kappa shape index (κ1) is 16.5. The average molecular weight is 362 g/mol. The van der Waals surface area contributed by atoms with Gasteiger partial charge in [0.2, 0.25) is 0 Å². The fraction of sp³-hybridized carbons (Fsp3) is 0.318. The van der Waals surface area contributed by atoms with E-state index in [9.17, 15) is 15.0 Å². The topological polar surface area (TPSA) is 76.6 Å². The number of amides is 1. The number of likely N-dealkylation sites (tertiary alicyclic amines) is 1. The largest absolute Gasteiger partial charge is 0.396 e. The van der Waals surface area contributed by atoms with Gasteiger partial charge in [0.25, 0.3) is 5.91 Å². The van der Waals surface area contributed by atoms with Crippen LogP contribution in [0.2, 0.25) is 0 Å². The molecule has 1 saturated carbocycles. The fourth-order valence-corrected chi connectivity index (χ4v) is 5.16. The van der Waals surface area contributed by atoms with E-state index in [1.54, 1.807) is 4.90 Å². The summed E-state index contributed by atoms with van der Waals surface area (Å²) < 4.78 is 0. The lowest BCUT2D eigenvalue weighted by molar-refractivity contribution is 0.0765. The number of aromatic amines is 1. The molecule has 1 saturated heterocycles. The maximum absolute atomic E-state index is 13.2. The van der Waals surface area contributed by atoms with Gasteiger partial charge in [-0.25, -0.2) is 0 Å². The van der Waals surface area contributed by atoms with Gasteiger partial charge in [0.05, 0.1) is 17.2 Å². The molecule has 1 aliphatic heterocycles. The van der Waals surface area contributed by atoms with Gasteiger partial charge in [0.1, 0.15) is 0 Å². The van der Waals surface area contributed by atoms with Crippen molar-refractivity contribution in [3.05, 3.63) is 71.9 Å². The maximum atomic E-state index is 13.2. The van der Waals surface area contributed by atoms with Gasteiger partial charge in [0, 0.05) is 36.7 Å². The smallest absolute Gasteiger partial charge is 0.256 e. The Hall–Kier alpha value is -2.63. The normalized spacial score (nSPS) is 29.6. The van der Waals surface area contributed by atoms with E-state index in [-0.39, 0.29) is 24.3 Å². The minimum atomic E-state index is -0.633. The predicted molar refractivity (Wildman–Crippen MR) is 102 cm³/mol. The van der Waals surface area contributed by atoms with E-state index >= 15 is 0 Å². The molecule has 2 aromatic carbocycles. The van der Waals surface area contributed by atoms with Gasteiger partial charge >= 0.3 is 0 Å². The Labute approximate surface area is 157 Å². The van der Waals surface area contributed by atoms with Crippen molar-refractivity contribution in [2.45, 2.75) is 12.0 Å². The second-order valence-corrected chi connectivity index (χ2v) is 7.74. The molecule has 138 valence electrons. The summed E-state index contributed by atoms with van der Waals surface area (Å²) in [6, 6.07) is 17.6. The second-order valence-electron chi connectivity index (χ2n) is 7.74. The summed E-state index contributed by atoms with van der Waals surface area (Å²) in [5, 5.41) is 21.8. The molecule has 27 heavy (non-hydrogen) atoms. The highest BCUT2D eigenvalue weighted by molar-refractivity contribution is 6.05. The molecule has 1 spiro atoms. The van der Waals surface area contributed by atoms with Crippen molar-refractivity contribution in [2.75, 3.05) is 19.7 Å². The maximum Gasteiger partial charge on any atom is 0.256 e. The molecule has 2 heterocycles. The van der Waals surface area contributed by atoms with E-state index in [2.05, 4.69) is 4.98 Å². The van der Waals surface area contributed by atoms with E-state index in [0.717, 1.165) is 16.5 Å². The number of hydrogen-bond acceptors (Lipinski definition) is 3. The molecule has 5 rings (SSSR count). The Balaban J connectivity index is 1.46. The van der Waals surface area contributed by atoms with Crippen LogP contribution in [0.15, 0.2) is 60.8 Å². The minimum Gasteiger partial charge on any atom is -0.396 e. The van der Waals surface area contributed by atoms with Crippen LogP contribution in [0.3, 0.4) is 0 Å². The fourth-order valence-electron chi connectivity index (χ4n) is 5.16. The third kappa shape index (κ3) is 2.28. The number of carbonyl (C=O) groups is 1. The van der Waals surface area contributed by atoms with E-state index in [1.807, 2.05) is 60.8 Å². The van der Waals surface area contributed by atoms with E-state index < -0.39 is 11.5 Å². The molecule has 0 radical (unpaired) electrons. The predicted octanol–water partition coefficient (Wildman–Crippen LogP) is 2.38. The minimum absolute atomic E-state index is 0.0187. The molecular weight excluding hydrogens is 340 g/mol. The van der Waals surface area contributed by atoms with Crippen molar-refractivity contribution >= 4 is 16.8 Å². The van der Waals surface area contributed by atoms with Crippen LogP contribution in [0, 0.1) is 11.3 Å². The number of nitrogens with one attached hydrogen (secondary N) is 1. The van der Waals surface area contributed by atoms with Gasteiger partial charge in [-0.05, 0) is 29.5 Å². The number of aliphatic hydroxyl groups excluding tert-OH is 2. The number of para-hydroxylation sites is 1. The second kappa shape index (κ2) is 5.94. The van der Waals surface area contributed by atoms with Crippen LogP contribution >= 0.6 is 0 Å². The van der Waals surface area contributed by atoms with Crippen LogP contribution in [0.1, 0.15) is 21.8 Å². The zero-order valence-corrected chi connectivity index (χ0v) is 14.9. The molecule has 3 aromatic rings. The lowest BCUT2D eigenvalue weighted by Gasteiger charge is -2.17. The Morgan fingerprint density at radius 3 is 2.74 bits per heavy atom. The Bertz CT molecular complexity index is 999. The molecular formula is C22H22N2O3. The number of nitrogens with zero attached hydrogens (tertiary/aromatic N) is 1. The zero-order chi connectivity index (χ0) is 18.6. The first-order valence-corrected chi connectivity index (χ1v) is 9.36. The van der Waals surface area contributed by atoms with Gasteiger partial charge in [-0.3, -0.25) is 4.79 Å². The number of H-pyrrole nitrogens is 1. The average Bonchev–Trinajstić information content (AvgIpc) is 2.95. The number of benzene rings is 2. The van der Waals surface area contributed by atoms with E-state index in [1.165, 1.54) is 0 Å². The van der Waals surface area contributed by atoms with Crippen molar-refractivity contribution in [2.24, 2.45) is 11.3 Å². The van der Waals surface area contributed by atoms with Crippen molar-refractivity contribution in [1.29, 1.82) is 0 Å². The summed E-state index contributed by atoms with van der Waals surface area (Å²) in [7, 11) is 0. The van der Waals surface area contributed by atoms with Gasteiger partial charge < -0.3 is 20.1 Å². The molecule has 4 atom stereocenters. The molecule has 3 N–H and O–H groups in total. The molecule has 2 aliphatic rings. The molecule has 5 heteroatoms. The molecule has 1 amide bonds. The van der Waals surface area contributed by atoms with Crippen molar-refractivity contribution in [3.63, 3.8) is 0 Å². The van der Waals surface area contributed by atoms with Gasteiger partial charge in [-0.2, -0.15) is 0 Å². The van der Waals surface area contributed by atoms with Crippen LogP contribution in [0.5, 0.6) is 0 Å². The van der Waals surface area contributed by atoms with Crippen LogP contribution in [-0.2, 0) is 0 Å². The lowest BCUT2D eigenvalue weighted by atomic mass is 9.95. The molecule has 0 unspecified atom stereocenters. The number of carbonyl (C=O) groups excluding carboxylic acids is 1. The molecule has 5 nitrogen and oxygen atoms in total. The third-order valence-corrected chi connectivity index (χ3v) is 6.50. The first-order chi connectivity index (χ1) is 13.2. The van der Waals surface area contributed by atoms with Crippen LogP contribution in [-0.4, -0.2) is 51.8 Å². The summed E-state index contributed by atoms with van der Waals surface area (Å²) >= 11 is 0. The molecule has 1 aliphatic carbocycles. The summed E-state index contributed by atoms with van der Waals surface area (Å²) in [5.41, 5.74) is 2.12. The number of rotatable bonds is 3. The van der Waals surface area contributed by atoms with Crippen LogP contribution in [0.25, 0.3) is 10.9 Å². The number of aliphatic hydroxyl groups is 2. The van der Waals surface area contributed by atoms with Gasteiger partial charge in [0.15, 0.2) is 0 Å². The van der Waals surface area contributed by atoms with Crippen molar-refractivity contribution in [1.82, 2.24) is 9.88 Å². The monoisotopic (exact) mass is 362 g/mol. The number of fused-ring (bicyclic) bond motifs is 1. The molecule has 0 bridgehead atoms. The summed E-state index contributed by atoms with van der Waals surface area (Å²) in [6.07, 6.45) is 1.20. The number of hydrogen-bond donors (Lipinski definition) is 3. The number of aromatic nitrogens is 1. The van der Waals surface area contributed by atoms with E-state index in [0.29, 0.717) is 18.7 Å². The van der Waals surface area contributed by atoms with Crippen molar-refractivity contribution in [3.8, 4) is 0 Å². The van der Waals surface area contributed by atoms with Crippen LogP contribution in [0.4, 0.5) is 0 Å².